The van der Waals surface area contributed by atoms with Crippen molar-refractivity contribution in [3.63, 3.8) is 0 Å². The van der Waals surface area contributed by atoms with Crippen molar-refractivity contribution in [3.8, 4) is 0 Å². The Hall–Kier alpha value is 0.270. The highest BCUT2D eigenvalue weighted by Gasteiger charge is 1.98. The van der Waals surface area contributed by atoms with E-state index in [1.165, 1.54) is 70.8 Å². The fraction of sp³-hybridized carbons (Fsp3) is 1.00. The molecule has 0 atom stereocenters. The van der Waals surface area contributed by atoms with E-state index in [4.69, 9.17) is 5.73 Å². The normalized spacial score (nSPS) is 11.3. The first-order chi connectivity index (χ1) is 8.81. The highest BCUT2D eigenvalue weighted by molar-refractivity contribution is 7.97. The van der Waals surface area contributed by atoms with Gasteiger partial charge in [-0.1, -0.05) is 76.7 Å². The quantitative estimate of drug-likeness (QED) is 0.375. The van der Waals surface area contributed by atoms with Crippen LogP contribution in [0.3, 0.4) is 0 Å². The van der Waals surface area contributed by atoms with Gasteiger partial charge in [-0.25, -0.2) is 0 Å². The highest BCUT2D eigenvalue weighted by Crippen LogP contribution is 2.12. The van der Waals surface area contributed by atoms with Crippen LogP contribution in [0.1, 0.15) is 71.1 Å². The summed E-state index contributed by atoms with van der Waals surface area (Å²) in [4.78, 5) is 0. The molecule has 0 rings (SSSR count). The average molecular weight is 275 g/mol. The van der Waals surface area contributed by atoms with Crippen LogP contribution in [0.4, 0.5) is 0 Å². The van der Waals surface area contributed by atoms with Crippen molar-refractivity contribution in [2.45, 2.75) is 71.1 Å². The molecule has 0 fully saturated rings. The van der Waals surface area contributed by atoms with Gasteiger partial charge in [-0.2, -0.15) is 0 Å². The van der Waals surface area contributed by atoms with Crippen LogP contribution in [0.25, 0.3) is 0 Å². The predicted octanol–water partition coefficient (Wildman–Crippen LogP) is 4.45. The Morgan fingerprint density at radius 1 is 0.833 bits per heavy atom. The van der Waals surface area contributed by atoms with Crippen LogP contribution in [0.5, 0.6) is 0 Å². The van der Waals surface area contributed by atoms with E-state index in [2.05, 4.69) is 18.3 Å². The number of hydrogen-bond acceptors (Lipinski definition) is 3. The van der Waals surface area contributed by atoms with Crippen molar-refractivity contribution in [1.82, 2.24) is 4.31 Å². The molecule has 0 amide bonds. The van der Waals surface area contributed by atoms with Gasteiger partial charge >= 0.3 is 0 Å². The zero-order valence-corrected chi connectivity index (χ0v) is 13.4. The Bertz CT molecular complexity index is 153. The zero-order chi connectivity index (χ0) is 13.5. The maximum absolute atomic E-state index is 5.48. The van der Waals surface area contributed by atoms with Gasteiger partial charge in [0, 0.05) is 18.8 Å². The summed E-state index contributed by atoms with van der Waals surface area (Å²) in [5.41, 5.74) is 5.48. The molecule has 0 radical (unpaired) electrons. The molecule has 0 aromatic heterocycles. The van der Waals surface area contributed by atoms with Crippen LogP contribution in [0.15, 0.2) is 0 Å². The lowest BCUT2D eigenvalue weighted by Crippen LogP contribution is -2.14. The monoisotopic (exact) mass is 274 g/mol. The molecule has 0 saturated heterocycles. The molecule has 0 aromatic carbocycles. The molecule has 0 unspecified atom stereocenters. The standard InChI is InChI=1S/C15H34N2S/c1-3-4-5-6-7-8-9-10-11-12-14-17(2)18-15-13-16/h3-16H2,1-2H3. The van der Waals surface area contributed by atoms with Crippen LogP contribution < -0.4 is 5.73 Å². The van der Waals surface area contributed by atoms with Gasteiger partial charge < -0.3 is 5.73 Å². The molecule has 0 aromatic rings. The van der Waals surface area contributed by atoms with Gasteiger partial charge in [0.2, 0.25) is 0 Å². The lowest BCUT2D eigenvalue weighted by molar-refractivity contribution is 0.500. The largest absolute Gasteiger partial charge is 0.330 e. The van der Waals surface area contributed by atoms with Gasteiger partial charge in [0.1, 0.15) is 0 Å². The lowest BCUT2D eigenvalue weighted by Gasteiger charge is -2.14. The van der Waals surface area contributed by atoms with Crippen molar-refractivity contribution in [2.24, 2.45) is 5.73 Å². The summed E-state index contributed by atoms with van der Waals surface area (Å²) < 4.78 is 2.33. The molecule has 2 N–H and O–H groups in total. The fourth-order valence-corrected chi connectivity index (χ4v) is 2.77. The van der Waals surface area contributed by atoms with E-state index in [9.17, 15) is 0 Å². The number of nitrogens with zero attached hydrogens (tertiary/aromatic N) is 1. The van der Waals surface area contributed by atoms with Gasteiger partial charge in [-0.05, 0) is 13.5 Å². The van der Waals surface area contributed by atoms with E-state index in [-0.39, 0.29) is 0 Å². The summed E-state index contributed by atoms with van der Waals surface area (Å²) in [5.74, 6) is 1.05. The van der Waals surface area contributed by atoms with Crippen LogP contribution in [-0.2, 0) is 0 Å². The Morgan fingerprint density at radius 2 is 1.33 bits per heavy atom. The fourth-order valence-electron chi connectivity index (χ4n) is 2.09. The molecule has 0 spiro atoms. The minimum absolute atomic E-state index is 0.785. The van der Waals surface area contributed by atoms with E-state index in [1.54, 1.807) is 0 Å². The minimum atomic E-state index is 0.785. The Kier molecular flexibility index (Phi) is 15.6. The molecule has 0 aliphatic heterocycles. The molecule has 0 saturated carbocycles. The van der Waals surface area contributed by atoms with E-state index < -0.39 is 0 Å². The Balaban J connectivity index is 3.02. The number of unbranched alkanes of at least 4 members (excludes halogenated alkanes) is 9. The second-order valence-corrected chi connectivity index (χ2v) is 6.45. The number of nitrogens with two attached hydrogens (primary N) is 1. The maximum atomic E-state index is 5.48. The SMILES string of the molecule is CCCCCCCCCCCCN(C)SCCN. The van der Waals surface area contributed by atoms with Gasteiger partial charge in [-0.15, -0.1) is 0 Å². The third-order valence-electron chi connectivity index (χ3n) is 3.26. The van der Waals surface area contributed by atoms with Crippen LogP contribution in [0.2, 0.25) is 0 Å². The summed E-state index contributed by atoms with van der Waals surface area (Å²) in [7, 11) is 2.17. The van der Waals surface area contributed by atoms with Gasteiger partial charge in [-0.3, -0.25) is 4.31 Å². The number of rotatable bonds is 14. The first-order valence-electron chi connectivity index (χ1n) is 7.85. The van der Waals surface area contributed by atoms with Crippen LogP contribution in [-0.4, -0.2) is 30.2 Å². The van der Waals surface area contributed by atoms with Gasteiger partial charge in [0.05, 0.1) is 0 Å². The molecule has 2 nitrogen and oxygen atoms in total. The van der Waals surface area contributed by atoms with Crippen molar-refractivity contribution < 1.29 is 0 Å². The first-order valence-corrected chi connectivity index (χ1v) is 8.79. The molecule has 0 bridgehead atoms. The summed E-state index contributed by atoms with van der Waals surface area (Å²) in [6.45, 7) is 4.27. The van der Waals surface area contributed by atoms with Gasteiger partial charge in [0.15, 0.2) is 0 Å². The Labute approximate surface area is 119 Å². The average Bonchev–Trinajstić information content (AvgIpc) is 2.38. The third kappa shape index (κ3) is 14.3. The van der Waals surface area contributed by atoms with Gasteiger partial charge in [0.25, 0.3) is 0 Å². The molecule has 0 aliphatic carbocycles. The third-order valence-corrected chi connectivity index (χ3v) is 4.30. The molecule has 3 heteroatoms. The molecule has 110 valence electrons. The summed E-state index contributed by atoms with van der Waals surface area (Å²) >= 11 is 1.86. The molecule has 18 heavy (non-hydrogen) atoms. The molecule has 0 aliphatic rings. The van der Waals surface area contributed by atoms with E-state index in [1.807, 2.05) is 11.9 Å². The Morgan fingerprint density at radius 3 is 1.83 bits per heavy atom. The number of hydrogen-bond donors (Lipinski definition) is 1. The summed E-state index contributed by atoms with van der Waals surface area (Å²) in [6, 6.07) is 0. The lowest BCUT2D eigenvalue weighted by atomic mass is 10.1. The van der Waals surface area contributed by atoms with E-state index >= 15 is 0 Å². The van der Waals surface area contributed by atoms with Crippen molar-refractivity contribution in [3.05, 3.63) is 0 Å². The smallest absolute Gasteiger partial charge is 0.0204 e. The second kappa shape index (κ2) is 15.3. The van der Waals surface area contributed by atoms with Crippen molar-refractivity contribution in [2.75, 3.05) is 25.9 Å². The van der Waals surface area contributed by atoms with Crippen LogP contribution in [0, 0.1) is 0 Å². The van der Waals surface area contributed by atoms with Crippen molar-refractivity contribution >= 4 is 11.9 Å². The molecule has 0 heterocycles. The van der Waals surface area contributed by atoms with E-state index in [0.29, 0.717) is 0 Å². The van der Waals surface area contributed by atoms with Crippen LogP contribution >= 0.6 is 11.9 Å². The molecular formula is C15H34N2S. The molecular weight excluding hydrogens is 240 g/mol. The highest BCUT2D eigenvalue weighted by atomic mass is 32.2. The minimum Gasteiger partial charge on any atom is -0.330 e. The second-order valence-electron chi connectivity index (χ2n) is 5.16. The topological polar surface area (TPSA) is 29.3 Å². The van der Waals surface area contributed by atoms with E-state index in [0.717, 1.165) is 12.3 Å². The predicted molar refractivity (Wildman–Crippen MR) is 86.0 cm³/mol. The zero-order valence-electron chi connectivity index (χ0n) is 12.6. The first kappa shape index (κ1) is 18.3. The summed E-state index contributed by atoms with van der Waals surface area (Å²) in [6.07, 6.45) is 14.2. The summed E-state index contributed by atoms with van der Waals surface area (Å²) in [5, 5.41) is 0. The van der Waals surface area contributed by atoms with Crippen molar-refractivity contribution in [1.29, 1.82) is 0 Å². The maximum Gasteiger partial charge on any atom is 0.0204 e.